The van der Waals surface area contributed by atoms with Crippen molar-refractivity contribution < 1.29 is 0 Å². The van der Waals surface area contributed by atoms with Crippen LogP contribution in [0.1, 0.15) is 0 Å². The lowest BCUT2D eigenvalue weighted by Gasteiger charge is -2.06. The van der Waals surface area contributed by atoms with Crippen LogP contribution in [0.4, 0.5) is 5.69 Å². The summed E-state index contributed by atoms with van der Waals surface area (Å²) in [7, 11) is 0. The molecule has 4 nitrogen and oxygen atoms in total. The number of hydrogen-bond acceptors (Lipinski definition) is 3. The van der Waals surface area contributed by atoms with Crippen molar-refractivity contribution in [1.29, 1.82) is 0 Å². The second-order valence-corrected chi connectivity index (χ2v) is 3.50. The molecule has 0 aromatic carbocycles. The molecule has 0 amide bonds. The summed E-state index contributed by atoms with van der Waals surface area (Å²) in [5.41, 5.74) is 0.384. The summed E-state index contributed by atoms with van der Waals surface area (Å²) in [5.74, 6) is 2.42. The van der Waals surface area contributed by atoms with E-state index in [1.165, 1.54) is 4.68 Å². The lowest BCUT2D eigenvalue weighted by Crippen LogP contribution is -2.24. The highest BCUT2D eigenvalue weighted by Crippen LogP contribution is 2.15. The van der Waals surface area contributed by atoms with Gasteiger partial charge in [0, 0.05) is 0 Å². The van der Waals surface area contributed by atoms with Crippen LogP contribution in [0.3, 0.4) is 0 Å². The lowest BCUT2D eigenvalue weighted by molar-refractivity contribution is 0.649. The van der Waals surface area contributed by atoms with Gasteiger partial charge in [-0.15, -0.1) is 13.0 Å². The van der Waals surface area contributed by atoms with Crippen LogP contribution in [0, 0.1) is 12.3 Å². The van der Waals surface area contributed by atoms with Gasteiger partial charge in [-0.1, -0.05) is 12.0 Å². The highest BCUT2D eigenvalue weighted by molar-refractivity contribution is 9.10. The van der Waals surface area contributed by atoms with Gasteiger partial charge in [-0.05, 0) is 15.9 Å². The zero-order valence-electron chi connectivity index (χ0n) is 8.03. The van der Waals surface area contributed by atoms with Crippen LogP contribution in [-0.4, -0.2) is 16.3 Å². The maximum atomic E-state index is 11.7. The van der Waals surface area contributed by atoms with E-state index in [2.05, 4.69) is 38.8 Å². The Kier molecular flexibility index (Phi) is 4.13. The van der Waals surface area contributed by atoms with Crippen molar-refractivity contribution >= 4 is 21.6 Å². The van der Waals surface area contributed by atoms with Crippen LogP contribution in [-0.2, 0) is 6.54 Å². The average molecular weight is 268 g/mol. The first-order valence-corrected chi connectivity index (χ1v) is 5.04. The molecule has 0 atom stereocenters. The molecule has 5 heteroatoms. The maximum absolute atomic E-state index is 11.7. The van der Waals surface area contributed by atoms with E-state index < -0.39 is 0 Å². The number of terminal acetylenes is 1. The summed E-state index contributed by atoms with van der Waals surface area (Å²) in [6.45, 7) is 4.28. The third-order valence-electron chi connectivity index (χ3n) is 1.67. The number of aromatic nitrogens is 2. The van der Waals surface area contributed by atoms with Gasteiger partial charge >= 0.3 is 0 Å². The van der Waals surface area contributed by atoms with Crippen molar-refractivity contribution in [2.75, 3.05) is 11.9 Å². The van der Waals surface area contributed by atoms with Crippen LogP contribution in [0.25, 0.3) is 0 Å². The normalized spacial score (nSPS) is 9.33. The van der Waals surface area contributed by atoms with Gasteiger partial charge in [0.05, 0.1) is 25.0 Å². The topological polar surface area (TPSA) is 46.9 Å². The predicted molar refractivity (Wildman–Crippen MR) is 63.7 cm³/mol. The van der Waals surface area contributed by atoms with Gasteiger partial charge in [-0.25, -0.2) is 4.68 Å². The summed E-state index contributed by atoms with van der Waals surface area (Å²) < 4.78 is 1.73. The smallest absolute Gasteiger partial charge is 0.283 e. The zero-order chi connectivity index (χ0) is 11.3. The van der Waals surface area contributed by atoms with Crippen molar-refractivity contribution in [1.82, 2.24) is 9.78 Å². The maximum Gasteiger partial charge on any atom is 0.283 e. The van der Waals surface area contributed by atoms with Gasteiger partial charge in [0.15, 0.2) is 0 Å². The van der Waals surface area contributed by atoms with E-state index in [1.807, 2.05) is 0 Å². The molecule has 1 rings (SSSR count). The van der Waals surface area contributed by atoms with Gasteiger partial charge in [-0.2, -0.15) is 5.10 Å². The minimum atomic E-state index is -0.211. The molecule has 1 aromatic rings. The monoisotopic (exact) mass is 267 g/mol. The van der Waals surface area contributed by atoms with E-state index in [0.29, 0.717) is 23.2 Å². The Morgan fingerprint density at radius 3 is 3.13 bits per heavy atom. The fraction of sp³-hybridized carbons (Fsp3) is 0.200. The first kappa shape index (κ1) is 11.5. The van der Waals surface area contributed by atoms with Crippen molar-refractivity contribution in [2.45, 2.75) is 6.54 Å². The van der Waals surface area contributed by atoms with E-state index in [4.69, 9.17) is 6.42 Å². The molecule has 15 heavy (non-hydrogen) atoms. The molecule has 0 radical (unpaired) electrons. The van der Waals surface area contributed by atoms with Crippen LogP contribution in [0.15, 0.2) is 28.1 Å². The molecule has 1 heterocycles. The van der Waals surface area contributed by atoms with E-state index in [0.717, 1.165) is 0 Å². The van der Waals surface area contributed by atoms with Crippen LogP contribution >= 0.6 is 15.9 Å². The molecule has 78 valence electrons. The quantitative estimate of drug-likeness (QED) is 0.660. The van der Waals surface area contributed by atoms with Crippen LogP contribution in [0.2, 0.25) is 0 Å². The molecular formula is C10H10BrN3O. The van der Waals surface area contributed by atoms with Gasteiger partial charge in [-0.3, -0.25) is 4.79 Å². The third kappa shape index (κ3) is 2.70. The highest BCUT2D eigenvalue weighted by Gasteiger charge is 2.06. The van der Waals surface area contributed by atoms with Crippen molar-refractivity contribution in [2.24, 2.45) is 0 Å². The molecule has 0 aliphatic rings. The predicted octanol–water partition coefficient (Wildman–Crippen LogP) is 1.24. The molecule has 0 fully saturated rings. The molecule has 1 N–H and O–H groups in total. The molecule has 0 aliphatic heterocycles. The number of nitrogens with one attached hydrogen (secondary N) is 1. The van der Waals surface area contributed by atoms with Crippen LogP contribution in [0.5, 0.6) is 0 Å². The van der Waals surface area contributed by atoms with E-state index >= 15 is 0 Å². The van der Waals surface area contributed by atoms with Gasteiger partial charge in [0.2, 0.25) is 0 Å². The Hall–Kier alpha value is -1.54. The summed E-state index contributed by atoms with van der Waals surface area (Å²) in [6.07, 6.45) is 8.25. The van der Waals surface area contributed by atoms with Crippen molar-refractivity contribution in [3.63, 3.8) is 0 Å². The van der Waals surface area contributed by atoms with Crippen molar-refractivity contribution in [3.05, 3.63) is 33.7 Å². The Balaban J connectivity index is 3.05. The third-order valence-corrected chi connectivity index (χ3v) is 2.43. The second-order valence-electron chi connectivity index (χ2n) is 2.71. The molecule has 0 aliphatic carbocycles. The fourth-order valence-electron chi connectivity index (χ4n) is 0.987. The number of hydrogen-bond donors (Lipinski definition) is 1. The molecule has 0 bridgehead atoms. The first-order valence-electron chi connectivity index (χ1n) is 4.24. The summed E-state index contributed by atoms with van der Waals surface area (Å²) in [5, 5.41) is 6.84. The van der Waals surface area contributed by atoms with Crippen LogP contribution < -0.4 is 10.9 Å². The Labute approximate surface area is 96.1 Å². The number of halogens is 1. The lowest BCUT2D eigenvalue weighted by atomic mass is 10.4. The van der Waals surface area contributed by atoms with Gasteiger partial charge in [0.25, 0.3) is 5.56 Å². The SMILES string of the molecule is C#CCNc1cnn(CC=C)c(=O)c1Br. The van der Waals surface area contributed by atoms with Gasteiger partial charge in [0.1, 0.15) is 4.47 Å². The standard InChI is InChI=1S/C10H10BrN3O/c1-3-5-12-8-7-13-14(6-4-2)10(15)9(8)11/h1,4,7,12H,2,5-6H2. The zero-order valence-corrected chi connectivity index (χ0v) is 9.62. The van der Waals surface area contributed by atoms with Gasteiger partial charge < -0.3 is 5.32 Å². The Morgan fingerprint density at radius 1 is 1.80 bits per heavy atom. The minimum absolute atomic E-state index is 0.211. The number of allylic oxidation sites excluding steroid dienone is 1. The average Bonchev–Trinajstić information content (AvgIpc) is 2.24. The van der Waals surface area contributed by atoms with Crippen molar-refractivity contribution in [3.8, 4) is 12.3 Å². The number of nitrogens with zero attached hydrogens (tertiary/aromatic N) is 2. The molecule has 0 unspecified atom stereocenters. The number of anilines is 1. The van der Waals surface area contributed by atoms with E-state index in [-0.39, 0.29) is 5.56 Å². The Bertz CT molecular complexity index is 459. The summed E-state index contributed by atoms with van der Waals surface area (Å²) in [4.78, 5) is 11.7. The molecule has 0 saturated heterocycles. The fourth-order valence-corrected chi connectivity index (χ4v) is 1.43. The largest absolute Gasteiger partial charge is 0.372 e. The first-order chi connectivity index (χ1) is 7.20. The minimum Gasteiger partial charge on any atom is -0.372 e. The summed E-state index contributed by atoms with van der Waals surface area (Å²) >= 11 is 3.19. The molecule has 0 saturated carbocycles. The molecule has 1 aromatic heterocycles. The second kappa shape index (κ2) is 5.37. The highest BCUT2D eigenvalue weighted by atomic mass is 79.9. The van der Waals surface area contributed by atoms with E-state index in [9.17, 15) is 4.79 Å². The number of rotatable bonds is 4. The molecular weight excluding hydrogens is 258 g/mol. The molecule has 0 spiro atoms. The summed E-state index contributed by atoms with van der Waals surface area (Å²) in [6, 6.07) is 0. The van der Waals surface area contributed by atoms with E-state index in [1.54, 1.807) is 12.3 Å². The Morgan fingerprint density at radius 2 is 2.53 bits per heavy atom.